The number of rotatable bonds is 6. The Hall–Kier alpha value is -1.36. The third-order valence-corrected chi connectivity index (χ3v) is 3.70. The minimum Gasteiger partial charge on any atom is -0.395 e. The van der Waals surface area contributed by atoms with Crippen molar-refractivity contribution >= 4 is 11.6 Å². The van der Waals surface area contributed by atoms with E-state index in [-0.39, 0.29) is 6.61 Å². The summed E-state index contributed by atoms with van der Waals surface area (Å²) in [4.78, 5) is 11.3. The zero-order valence-electron chi connectivity index (χ0n) is 12.1. The molecule has 0 aliphatic heterocycles. The van der Waals surface area contributed by atoms with Crippen LogP contribution in [0.5, 0.6) is 0 Å². The molecule has 0 amide bonds. The van der Waals surface area contributed by atoms with E-state index in [9.17, 15) is 5.11 Å². The van der Waals surface area contributed by atoms with Gasteiger partial charge in [0.1, 0.15) is 17.5 Å². The van der Waals surface area contributed by atoms with Crippen LogP contribution in [0.1, 0.15) is 37.6 Å². The fourth-order valence-corrected chi connectivity index (χ4v) is 2.50. The van der Waals surface area contributed by atoms with Crippen molar-refractivity contribution in [1.29, 1.82) is 0 Å². The first kappa shape index (κ1) is 14.1. The van der Waals surface area contributed by atoms with E-state index in [1.165, 1.54) is 19.3 Å². The zero-order valence-corrected chi connectivity index (χ0v) is 12.1. The second kappa shape index (κ2) is 6.19. The number of aryl methyl sites for hydroxylation is 1. The molecule has 1 aromatic heterocycles. The summed E-state index contributed by atoms with van der Waals surface area (Å²) in [7, 11) is 0. The van der Waals surface area contributed by atoms with Crippen LogP contribution in [-0.2, 0) is 0 Å². The molecule has 5 nitrogen and oxygen atoms in total. The first-order valence-electron chi connectivity index (χ1n) is 7.14. The van der Waals surface area contributed by atoms with Gasteiger partial charge >= 0.3 is 0 Å². The molecule has 0 unspecified atom stereocenters. The normalized spacial score (nSPS) is 15.2. The van der Waals surface area contributed by atoms with Crippen LogP contribution in [0.25, 0.3) is 0 Å². The van der Waals surface area contributed by atoms with Crippen molar-refractivity contribution < 1.29 is 5.11 Å². The summed E-state index contributed by atoms with van der Waals surface area (Å²) < 4.78 is 0. The van der Waals surface area contributed by atoms with Crippen LogP contribution in [0.2, 0.25) is 0 Å². The fourth-order valence-electron chi connectivity index (χ4n) is 2.50. The van der Waals surface area contributed by atoms with E-state index in [0.29, 0.717) is 12.6 Å². The zero-order chi connectivity index (χ0) is 13.8. The lowest BCUT2D eigenvalue weighted by Crippen LogP contribution is -2.43. The van der Waals surface area contributed by atoms with Crippen LogP contribution in [0.4, 0.5) is 11.6 Å². The molecular formula is C14H24N4O. The molecule has 5 heteroatoms. The first-order valence-corrected chi connectivity index (χ1v) is 7.14. The number of aromatic nitrogens is 2. The average molecular weight is 264 g/mol. The maximum absolute atomic E-state index is 9.30. The quantitative estimate of drug-likeness (QED) is 0.821. The van der Waals surface area contributed by atoms with Gasteiger partial charge in [-0.1, -0.05) is 0 Å². The van der Waals surface area contributed by atoms with Gasteiger partial charge in [0.2, 0.25) is 0 Å². The van der Waals surface area contributed by atoms with Gasteiger partial charge in [0.25, 0.3) is 0 Å². The fraction of sp³-hybridized carbons (Fsp3) is 0.714. The molecule has 19 heavy (non-hydrogen) atoms. The second-order valence-electron chi connectivity index (χ2n) is 5.10. The van der Waals surface area contributed by atoms with E-state index in [2.05, 4.69) is 34.0 Å². The van der Waals surface area contributed by atoms with E-state index in [1.54, 1.807) is 0 Å². The van der Waals surface area contributed by atoms with Crippen molar-refractivity contribution in [2.45, 2.75) is 46.1 Å². The Balaban J connectivity index is 2.34. The van der Waals surface area contributed by atoms with Crippen LogP contribution in [-0.4, -0.2) is 40.8 Å². The SMILES string of the molecule is CCNc1nc(C)nc(N(CCO)C2CCC2)c1C. The highest BCUT2D eigenvalue weighted by atomic mass is 16.3. The van der Waals surface area contributed by atoms with E-state index in [0.717, 1.165) is 29.6 Å². The number of anilines is 2. The largest absolute Gasteiger partial charge is 0.395 e. The van der Waals surface area contributed by atoms with Gasteiger partial charge in [-0.05, 0) is 40.0 Å². The Morgan fingerprint density at radius 1 is 1.32 bits per heavy atom. The molecule has 0 radical (unpaired) electrons. The Kier molecular flexibility index (Phi) is 4.58. The predicted octanol–water partition coefficient (Wildman–Crippen LogP) is 1.88. The molecule has 1 saturated carbocycles. The molecule has 0 aromatic carbocycles. The maximum atomic E-state index is 9.30. The van der Waals surface area contributed by atoms with Crippen LogP contribution >= 0.6 is 0 Å². The van der Waals surface area contributed by atoms with Gasteiger partial charge in [-0.15, -0.1) is 0 Å². The Morgan fingerprint density at radius 2 is 2.05 bits per heavy atom. The third-order valence-electron chi connectivity index (χ3n) is 3.70. The van der Waals surface area contributed by atoms with Crippen molar-refractivity contribution in [3.63, 3.8) is 0 Å². The molecule has 1 aromatic rings. The Bertz CT molecular complexity index is 432. The van der Waals surface area contributed by atoms with E-state index in [1.807, 2.05) is 6.92 Å². The summed E-state index contributed by atoms with van der Waals surface area (Å²) in [6, 6.07) is 0.523. The molecule has 2 N–H and O–H groups in total. The van der Waals surface area contributed by atoms with Gasteiger partial charge < -0.3 is 15.3 Å². The summed E-state index contributed by atoms with van der Waals surface area (Å²) >= 11 is 0. The van der Waals surface area contributed by atoms with Gasteiger partial charge in [0.05, 0.1) is 6.61 Å². The molecular weight excluding hydrogens is 240 g/mol. The van der Waals surface area contributed by atoms with Crippen LogP contribution in [0.15, 0.2) is 0 Å². The molecule has 1 aliphatic carbocycles. The molecule has 0 saturated heterocycles. The monoisotopic (exact) mass is 264 g/mol. The third kappa shape index (κ3) is 2.97. The minimum atomic E-state index is 0.162. The predicted molar refractivity (Wildman–Crippen MR) is 77.7 cm³/mol. The first-order chi connectivity index (χ1) is 9.17. The number of hydrogen-bond donors (Lipinski definition) is 2. The summed E-state index contributed by atoms with van der Waals surface area (Å²) in [5.74, 6) is 2.66. The summed E-state index contributed by atoms with van der Waals surface area (Å²) in [5.41, 5.74) is 1.08. The van der Waals surface area contributed by atoms with Gasteiger partial charge in [0, 0.05) is 24.7 Å². The van der Waals surface area contributed by atoms with Crippen LogP contribution in [0, 0.1) is 13.8 Å². The highest BCUT2D eigenvalue weighted by molar-refractivity contribution is 5.59. The maximum Gasteiger partial charge on any atom is 0.137 e. The van der Waals surface area contributed by atoms with Crippen molar-refractivity contribution in [2.24, 2.45) is 0 Å². The molecule has 1 heterocycles. The van der Waals surface area contributed by atoms with Crippen molar-refractivity contribution in [2.75, 3.05) is 29.9 Å². The van der Waals surface area contributed by atoms with Gasteiger partial charge in [-0.2, -0.15) is 0 Å². The molecule has 106 valence electrons. The topological polar surface area (TPSA) is 61.3 Å². The van der Waals surface area contributed by atoms with E-state index in [4.69, 9.17) is 0 Å². The number of hydrogen-bond acceptors (Lipinski definition) is 5. The molecule has 1 aliphatic rings. The number of aliphatic hydroxyl groups excluding tert-OH is 1. The average Bonchev–Trinajstić information content (AvgIpc) is 2.31. The molecule has 0 spiro atoms. The molecule has 0 bridgehead atoms. The minimum absolute atomic E-state index is 0.162. The second-order valence-corrected chi connectivity index (χ2v) is 5.10. The smallest absolute Gasteiger partial charge is 0.137 e. The molecule has 2 rings (SSSR count). The highest BCUT2D eigenvalue weighted by Crippen LogP contribution is 2.32. The molecule has 0 atom stereocenters. The van der Waals surface area contributed by atoms with Crippen molar-refractivity contribution in [3.05, 3.63) is 11.4 Å². The highest BCUT2D eigenvalue weighted by Gasteiger charge is 2.27. The molecule has 1 fully saturated rings. The number of nitrogens with one attached hydrogen (secondary N) is 1. The van der Waals surface area contributed by atoms with Crippen molar-refractivity contribution in [1.82, 2.24) is 9.97 Å². The standard InChI is InChI=1S/C14H24N4O/c1-4-15-13-10(2)14(17-11(3)16-13)18(8-9-19)12-6-5-7-12/h12,19H,4-9H2,1-3H3,(H,15,16,17). The lowest BCUT2D eigenvalue weighted by molar-refractivity contribution is 0.282. The summed E-state index contributed by atoms with van der Waals surface area (Å²) in [6.45, 7) is 7.69. The Morgan fingerprint density at radius 3 is 2.58 bits per heavy atom. The summed E-state index contributed by atoms with van der Waals surface area (Å²) in [6.07, 6.45) is 3.66. The van der Waals surface area contributed by atoms with Crippen LogP contribution < -0.4 is 10.2 Å². The lowest BCUT2D eigenvalue weighted by atomic mass is 9.91. The summed E-state index contributed by atoms with van der Waals surface area (Å²) in [5, 5.41) is 12.6. The Labute approximate surface area is 115 Å². The van der Waals surface area contributed by atoms with Crippen LogP contribution in [0.3, 0.4) is 0 Å². The lowest BCUT2D eigenvalue weighted by Gasteiger charge is -2.39. The number of nitrogens with zero attached hydrogens (tertiary/aromatic N) is 3. The van der Waals surface area contributed by atoms with Gasteiger partial charge in [0.15, 0.2) is 0 Å². The van der Waals surface area contributed by atoms with Gasteiger partial charge in [-0.3, -0.25) is 0 Å². The number of aliphatic hydroxyl groups is 1. The van der Waals surface area contributed by atoms with E-state index >= 15 is 0 Å². The van der Waals surface area contributed by atoms with E-state index < -0.39 is 0 Å². The van der Waals surface area contributed by atoms with Crippen molar-refractivity contribution in [3.8, 4) is 0 Å². The van der Waals surface area contributed by atoms with Gasteiger partial charge in [-0.25, -0.2) is 9.97 Å².